The van der Waals surface area contributed by atoms with Gasteiger partial charge in [0, 0.05) is 27.2 Å². The zero-order valence-corrected chi connectivity index (χ0v) is 17.1. The van der Waals surface area contributed by atoms with E-state index in [1.54, 1.807) is 13.1 Å². The van der Waals surface area contributed by atoms with E-state index in [1.165, 1.54) is 0 Å². The summed E-state index contributed by atoms with van der Waals surface area (Å²) < 4.78 is 11.0. The monoisotopic (exact) mass is 473 g/mol. The van der Waals surface area contributed by atoms with Crippen molar-refractivity contribution in [3.8, 4) is 0 Å². The van der Waals surface area contributed by atoms with Crippen molar-refractivity contribution >= 4 is 53.1 Å². The molecule has 0 aliphatic carbocycles. The number of ether oxygens (including phenoxy) is 2. The van der Waals surface area contributed by atoms with Crippen molar-refractivity contribution < 1.29 is 9.47 Å². The molecule has 0 spiro atoms. The van der Waals surface area contributed by atoms with Gasteiger partial charge in [-0.15, -0.1) is 24.0 Å². The number of nitrogens with one attached hydrogen (secondary N) is 1. The van der Waals surface area contributed by atoms with E-state index in [2.05, 4.69) is 10.3 Å². The highest BCUT2D eigenvalue weighted by molar-refractivity contribution is 14.0. The van der Waals surface area contributed by atoms with Crippen LogP contribution in [0, 0.1) is 0 Å². The number of hydrogen-bond donors (Lipinski definition) is 1. The van der Waals surface area contributed by atoms with Crippen LogP contribution >= 0.6 is 47.2 Å². The second-order valence-electron chi connectivity index (χ2n) is 5.10. The molecule has 1 unspecified atom stereocenters. The van der Waals surface area contributed by atoms with Crippen LogP contribution in [0.5, 0.6) is 0 Å². The van der Waals surface area contributed by atoms with Gasteiger partial charge in [-0.05, 0) is 17.7 Å². The molecular formula is C15H22Cl2IN3O2. The zero-order valence-electron chi connectivity index (χ0n) is 13.2. The van der Waals surface area contributed by atoms with E-state index < -0.39 is 0 Å². The molecule has 130 valence electrons. The van der Waals surface area contributed by atoms with Gasteiger partial charge < -0.3 is 19.7 Å². The second kappa shape index (κ2) is 10.6. The summed E-state index contributed by atoms with van der Waals surface area (Å²) in [4.78, 5) is 6.30. The van der Waals surface area contributed by atoms with Crippen LogP contribution in [0.3, 0.4) is 0 Å². The number of halogens is 3. The molecule has 2 rings (SSSR count). The lowest BCUT2D eigenvalue weighted by Gasteiger charge is -2.27. The average Bonchev–Trinajstić information content (AvgIpc) is 2.52. The molecular weight excluding hydrogens is 452 g/mol. The predicted octanol–water partition coefficient (Wildman–Crippen LogP) is 3.03. The van der Waals surface area contributed by atoms with Gasteiger partial charge in [0.25, 0.3) is 0 Å². The molecule has 1 aliphatic rings. The Hall–Kier alpha value is -0.280. The smallest absolute Gasteiger partial charge is 0.193 e. The maximum Gasteiger partial charge on any atom is 0.193 e. The standard InChI is InChI=1S/C15H21Cl2N3O2.HI/c1-18-15(19-8-12-10-21-5-6-22-12)20(2)9-11-3-4-13(16)14(17)7-11;/h3-4,7,12H,5-6,8-10H2,1-2H3,(H,18,19);1H. The minimum Gasteiger partial charge on any atom is -0.376 e. The fraction of sp³-hybridized carbons (Fsp3) is 0.533. The molecule has 0 amide bonds. The zero-order chi connectivity index (χ0) is 15.9. The highest BCUT2D eigenvalue weighted by Crippen LogP contribution is 2.23. The molecule has 1 fully saturated rings. The van der Waals surface area contributed by atoms with Crippen LogP contribution in [0.25, 0.3) is 0 Å². The molecule has 8 heteroatoms. The van der Waals surface area contributed by atoms with Crippen molar-refractivity contribution in [3.05, 3.63) is 33.8 Å². The number of benzene rings is 1. The summed E-state index contributed by atoms with van der Waals surface area (Å²) in [6.07, 6.45) is 0.0591. The third-order valence-electron chi connectivity index (χ3n) is 3.35. The molecule has 1 aromatic carbocycles. The molecule has 1 heterocycles. The SMILES string of the molecule is CN=C(NCC1COCCO1)N(C)Cc1ccc(Cl)c(Cl)c1.I. The van der Waals surface area contributed by atoms with Gasteiger partial charge in [-0.1, -0.05) is 29.3 Å². The van der Waals surface area contributed by atoms with E-state index >= 15 is 0 Å². The largest absolute Gasteiger partial charge is 0.376 e. The fourth-order valence-corrected chi connectivity index (χ4v) is 2.55. The summed E-state index contributed by atoms with van der Waals surface area (Å²) in [7, 11) is 3.72. The Morgan fingerprint density at radius 1 is 1.35 bits per heavy atom. The molecule has 1 saturated heterocycles. The summed E-state index contributed by atoms with van der Waals surface area (Å²) in [5.74, 6) is 0.792. The molecule has 1 aromatic rings. The number of nitrogens with zero attached hydrogens (tertiary/aromatic N) is 2. The number of hydrogen-bond acceptors (Lipinski definition) is 3. The van der Waals surface area contributed by atoms with Crippen LogP contribution in [-0.4, -0.2) is 57.4 Å². The minimum atomic E-state index is 0. The van der Waals surface area contributed by atoms with Gasteiger partial charge in [0.05, 0.1) is 36.0 Å². The Balaban J connectivity index is 0.00000264. The Morgan fingerprint density at radius 3 is 2.74 bits per heavy atom. The average molecular weight is 474 g/mol. The number of aliphatic imine (C=N–C) groups is 1. The lowest BCUT2D eigenvalue weighted by atomic mass is 10.2. The van der Waals surface area contributed by atoms with E-state index in [0.717, 1.165) is 11.5 Å². The van der Waals surface area contributed by atoms with Gasteiger partial charge in [-0.25, -0.2) is 0 Å². The van der Waals surface area contributed by atoms with Crippen LogP contribution in [0.1, 0.15) is 5.56 Å². The highest BCUT2D eigenvalue weighted by atomic mass is 127. The maximum atomic E-state index is 6.05. The molecule has 0 aromatic heterocycles. The van der Waals surface area contributed by atoms with E-state index in [1.807, 2.05) is 24.1 Å². The van der Waals surface area contributed by atoms with Crippen molar-refractivity contribution in [2.24, 2.45) is 4.99 Å². The Labute approximate surface area is 164 Å². The summed E-state index contributed by atoms with van der Waals surface area (Å²) in [5.41, 5.74) is 1.07. The van der Waals surface area contributed by atoms with Gasteiger partial charge in [-0.2, -0.15) is 0 Å². The summed E-state index contributed by atoms with van der Waals surface area (Å²) in [6, 6.07) is 5.62. The van der Waals surface area contributed by atoms with Crippen LogP contribution < -0.4 is 5.32 Å². The van der Waals surface area contributed by atoms with Crippen LogP contribution in [0.4, 0.5) is 0 Å². The molecule has 0 radical (unpaired) electrons. The summed E-state index contributed by atoms with van der Waals surface area (Å²) >= 11 is 12.0. The first-order valence-corrected chi connectivity index (χ1v) is 7.91. The Bertz CT molecular complexity index is 525. The third-order valence-corrected chi connectivity index (χ3v) is 4.09. The first-order chi connectivity index (χ1) is 10.6. The first-order valence-electron chi connectivity index (χ1n) is 7.15. The van der Waals surface area contributed by atoms with Gasteiger partial charge in [0.1, 0.15) is 0 Å². The minimum absolute atomic E-state index is 0. The van der Waals surface area contributed by atoms with Crippen molar-refractivity contribution in [2.75, 3.05) is 40.5 Å². The van der Waals surface area contributed by atoms with Gasteiger partial charge in [-0.3, -0.25) is 4.99 Å². The first kappa shape index (κ1) is 20.8. The molecule has 23 heavy (non-hydrogen) atoms. The van der Waals surface area contributed by atoms with Crippen LogP contribution in [0.2, 0.25) is 10.0 Å². The van der Waals surface area contributed by atoms with Crippen LogP contribution in [0.15, 0.2) is 23.2 Å². The number of guanidine groups is 1. The van der Waals surface area contributed by atoms with Crippen molar-refractivity contribution in [3.63, 3.8) is 0 Å². The molecule has 0 saturated carbocycles. The van der Waals surface area contributed by atoms with E-state index in [4.69, 9.17) is 32.7 Å². The fourth-order valence-electron chi connectivity index (χ4n) is 2.23. The maximum absolute atomic E-state index is 6.05. The predicted molar refractivity (Wildman–Crippen MR) is 105 cm³/mol. The number of rotatable bonds is 4. The highest BCUT2D eigenvalue weighted by Gasteiger charge is 2.16. The molecule has 1 atom stereocenters. The van der Waals surface area contributed by atoms with Gasteiger partial charge in [0.2, 0.25) is 0 Å². The van der Waals surface area contributed by atoms with E-state index in [-0.39, 0.29) is 30.1 Å². The van der Waals surface area contributed by atoms with E-state index in [0.29, 0.717) is 43.0 Å². The molecule has 0 bridgehead atoms. The van der Waals surface area contributed by atoms with Crippen molar-refractivity contribution in [1.82, 2.24) is 10.2 Å². The lowest BCUT2D eigenvalue weighted by Crippen LogP contribution is -2.45. The van der Waals surface area contributed by atoms with E-state index in [9.17, 15) is 0 Å². The lowest BCUT2D eigenvalue weighted by molar-refractivity contribution is -0.0851. The molecule has 5 nitrogen and oxygen atoms in total. The van der Waals surface area contributed by atoms with Gasteiger partial charge >= 0.3 is 0 Å². The summed E-state index contributed by atoms with van der Waals surface area (Å²) in [5, 5.41) is 4.42. The third kappa shape index (κ3) is 6.62. The normalized spacial score (nSPS) is 18.3. The Kier molecular flexibility index (Phi) is 9.53. The Morgan fingerprint density at radius 2 is 2.13 bits per heavy atom. The summed E-state index contributed by atoms with van der Waals surface area (Å²) in [6.45, 7) is 3.27. The quantitative estimate of drug-likeness (QED) is 0.414. The van der Waals surface area contributed by atoms with Crippen molar-refractivity contribution in [1.29, 1.82) is 0 Å². The second-order valence-corrected chi connectivity index (χ2v) is 5.91. The van der Waals surface area contributed by atoms with Crippen LogP contribution in [-0.2, 0) is 16.0 Å². The molecule has 1 aliphatic heterocycles. The van der Waals surface area contributed by atoms with Gasteiger partial charge in [0.15, 0.2) is 5.96 Å². The topological polar surface area (TPSA) is 46.1 Å². The molecule has 1 N–H and O–H groups in total. The van der Waals surface area contributed by atoms with Crippen molar-refractivity contribution in [2.45, 2.75) is 12.6 Å².